The Morgan fingerprint density at radius 3 is 2.19 bits per heavy atom. The lowest BCUT2D eigenvalue weighted by Crippen LogP contribution is -2.27. The fourth-order valence-corrected chi connectivity index (χ4v) is 4.61. The molecule has 0 aliphatic rings. The van der Waals surface area contributed by atoms with Gasteiger partial charge in [0.1, 0.15) is 0 Å². The van der Waals surface area contributed by atoms with E-state index in [1.807, 2.05) is 39.8 Å². The first-order chi connectivity index (χ1) is 14.6. The van der Waals surface area contributed by atoms with Crippen LogP contribution in [0.2, 0.25) is 5.02 Å². The summed E-state index contributed by atoms with van der Waals surface area (Å²) in [5, 5.41) is 3.18. The normalized spacial score (nSPS) is 12.3. The van der Waals surface area contributed by atoms with Gasteiger partial charge in [0.2, 0.25) is 0 Å². The van der Waals surface area contributed by atoms with Crippen LogP contribution >= 0.6 is 11.6 Å². The Morgan fingerprint density at radius 1 is 0.903 bits per heavy atom. The second-order valence-corrected chi connectivity index (χ2v) is 9.76. The Labute approximate surface area is 188 Å². The Kier molecular flexibility index (Phi) is 6.72. The second kappa shape index (κ2) is 9.12. The van der Waals surface area contributed by atoms with Crippen LogP contribution in [0.4, 0.5) is 5.69 Å². The summed E-state index contributed by atoms with van der Waals surface area (Å²) in [4.78, 5) is 13.0. The van der Waals surface area contributed by atoms with E-state index in [-0.39, 0.29) is 33.1 Å². The van der Waals surface area contributed by atoms with Gasteiger partial charge in [-0.2, -0.15) is 0 Å². The van der Waals surface area contributed by atoms with Crippen LogP contribution in [0.3, 0.4) is 0 Å². The van der Waals surface area contributed by atoms with E-state index >= 15 is 0 Å². The predicted molar refractivity (Wildman–Crippen MR) is 125 cm³/mol. The van der Waals surface area contributed by atoms with E-state index in [0.717, 1.165) is 22.3 Å². The summed E-state index contributed by atoms with van der Waals surface area (Å²) in [6.07, 6.45) is 0. The monoisotopic (exact) mass is 456 g/mol. The van der Waals surface area contributed by atoms with Crippen LogP contribution < -0.4 is 10.0 Å². The molecular weight excluding hydrogens is 432 g/mol. The maximum absolute atomic E-state index is 12.9. The van der Waals surface area contributed by atoms with Crippen molar-refractivity contribution < 1.29 is 13.2 Å². The van der Waals surface area contributed by atoms with Crippen LogP contribution in [0.15, 0.2) is 65.6 Å². The molecule has 0 bridgehead atoms. The van der Waals surface area contributed by atoms with Crippen molar-refractivity contribution >= 4 is 33.2 Å². The minimum atomic E-state index is -3.79. The number of aryl methyl sites for hydroxylation is 3. The number of nitrogens with one attached hydrogen (secondary N) is 2. The summed E-state index contributed by atoms with van der Waals surface area (Å²) in [6.45, 7) is 7.79. The number of rotatable bonds is 6. The molecule has 0 fully saturated rings. The molecule has 0 spiro atoms. The molecule has 2 N–H and O–H groups in total. The molecule has 0 unspecified atom stereocenters. The third kappa shape index (κ3) is 5.46. The van der Waals surface area contributed by atoms with Gasteiger partial charge in [-0.05, 0) is 69.2 Å². The molecule has 31 heavy (non-hydrogen) atoms. The van der Waals surface area contributed by atoms with Crippen LogP contribution in [0, 0.1) is 20.8 Å². The summed E-state index contributed by atoms with van der Waals surface area (Å²) in [5.41, 5.74) is 4.65. The summed E-state index contributed by atoms with van der Waals surface area (Å²) in [5.74, 6) is -0.381. The van der Waals surface area contributed by atoms with E-state index in [9.17, 15) is 13.2 Å². The number of anilines is 1. The summed E-state index contributed by atoms with van der Waals surface area (Å²) in [6, 6.07) is 16.8. The molecule has 1 amide bonds. The molecule has 0 saturated carbocycles. The lowest BCUT2D eigenvalue weighted by molar-refractivity contribution is 0.0940. The topological polar surface area (TPSA) is 75.3 Å². The third-order valence-corrected chi connectivity index (χ3v) is 6.76. The van der Waals surface area contributed by atoms with Gasteiger partial charge in [-0.25, -0.2) is 8.42 Å². The van der Waals surface area contributed by atoms with Crippen molar-refractivity contribution in [1.82, 2.24) is 5.32 Å². The van der Waals surface area contributed by atoms with Gasteiger partial charge in [0.05, 0.1) is 21.5 Å². The zero-order chi connectivity index (χ0) is 22.8. The van der Waals surface area contributed by atoms with Gasteiger partial charge in [0, 0.05) is 5.69 Å². The SMILES string of the molecule is Cc1ccc(S(=O)(=O)Nc2ccc(Cl)c(C(=O)N[C@H](C)c3ccc(C)cc3C)c2)cc1. The molecule has 5 nitrogen and oxygen atoms in total. The summed E-state index contributed by atoms with van der Waals surface area (Å²) >= 11 is 6.24. The van der Waals surface area contributed by atoms with Crippen LogP contribution in [0.5, 0.6) is 0 Å². The Bertz CT molecular complexity index is 1220. The molecule has 0 aromatic heterocycles. The van der Waals surface area contributed by atoms with E-state index in [0.29, 0.717) is 0 Å². The van der Waals surface area contributed by atoms with Crippen LogP contribution in [-0.2, 0) is 10.0 Å². The van der Waals surface area contributed by atoms with Gasteiger partial charge in [-0.3, -0.25) is 9.52 Å². The second-order valence-electron chi connectivity index (χ2n) is 7.67. The van der Waals surface area contributed by atoms with Gasteiger partial charge >= 0.3 is 0 Å². The highest BCUT2D eigenvalue weighted by atomic mass is 35.5. The van der Waals surface area contributed by atoms with Crippen molar-refractivity contribution in [2.45, 2.75) is 38.6 Å². The molecule has 0 aliphatic heterocycles. The maximum Gasteiger partial charge on any atom is 0.261 e. The first kappa shape index (κ1) is 22.8. The van der Waals surface area contributed by atoms with Crippen molar-refractivity contribution in [2.75, 3.05) is 4.72 Å². The van der Waals surface area contributed by atoms with Gasteiger partial charge in [0.25, 0.3) is 15.9 Å². The van der Waals surface area contributed by atoms with E-state index in [1.165, 1.54) is 30.3 Å². The average Bonchev–Trinajstić information content (AvgIpc) is 2.69. The van der Waals surface area contributed by atoms with Gasteiger partial charge < -0.3 is 5.32 Å². The van der Waals surface area contributed by atoms with Crippen molar-refractivity contribution in [3.63, 3.8) is 0 Å². The maximum atomic E-state index is 12.9. The largest absolute Gasteiger partial charge is 0.345 e. The Balaban J connectivity index is 1.81. The zero-order valence-corrected chi connectivity index (χ0v) is 19.4. The smallest absolute Gasteiger partial charge is 0.261 e. The molecule has 7 heteroatoms. The first-order valence-corrected chi connectivity index (χ1v) is 11.7. The van der Waals surface area contributed by atoms with Gasteiger partial charge in [-0.15, -0.1) is 0 Å². The van der Waals surface area contributed by atoms with Crippen molar-refractivity contribution in [2.24, 2.45) is 0 Å². The van der Waals surface area contributed by atoms with E-state index in [1.54, 1.807) is 12.1 Å². The standard InChI is InChI=1S/C24H25ClN2O3S/c1-15-5-9-20(10-6-15)31(29,30)27-19-8-12-23(25)22(14-19)24(28)26-18(4)21-11-7-16(2)13-17(21)3/h5-14,18,27H,1-4H3,(H,26,28)/t18-/m1/s1. The molecule has 0 aliphatic carbocycles. The van der Waals surface area contributed by atoms with Crippen LogP contribution in [-0.4, -0.2) is 14.3 Å². The first-order valence-electron chi connectivity index (χ1n) is 9.84. The number of sulfonamides is 1. The van der Waals surface area contributed by atoms with E-state index in [2.05, 4.69) is 16.1 Å². The van der Waals surface area contributed by atoms with Crippen LogP contribution in [0.25, 0.3) is 0 Å². The molecule has 3 aromatic rings. The summed E-state index contributed by atoms with van der Waals surface area (Å²) < 4.78 is 27.8. The number of benzene rings is 3. The third-order valence-electron chi connectivity index (χ3n) is 5.03. The lowest BCUT2D eigenvalue weighted by atomic mass is 10.00. The minimum absolute atomic E-state index is 0.141. The average molecular weight is 457 g/mol. The number of carbonyl (C=O) groups excluding carboxylic acids is 1. The molecule has 162 valence electrons. The number of amides is 1. The number of hydrogen-bond donors (Lipinski definition) is 2. The molecule has 0 radical (unpaired) electrons. The lowest BCUT2D eigenvalue weighted by Gasteiger charge is -2.18. The highest BCUT2D eigenvalue weighted by Crippen LogP contribution is 2.25. The number of carbonyl (C=O) groups is 1. The quantitative estimate of drug-likeness (QED) is 0.510. The fourth-order valence-electron chi connectivity index (χ4n) is 3.36. The van der Waals surface area contributed by atoms with Gasteiger partial charge in [-0.1, -0.05) is 53.1 Å². The minimum Gasteiger partial charge on any atom is -0.345 e. The molecular formula is C24H25ClN2O3S. The molecule has 1 atom stereocenters. The van der Waals surface area contributed by atoms with Crippen molar-refractivity contribution in [3.05, 3.63) is 93.5 Å². The molecule has 3 rings (SSSR count). The molecule has 0 saturated heterocycles. The van der Waals surface area contributed by atoms with Crippen molar-refractivity contribution in [3.8, 4) is 0 Å². The molecule has 3 aromatic carbocycles. The Morgan fingerprint density at radius 2 is 1.55 bits per heavy atom. The number of hydrogen-bond acceptors (Lipinski definition) is 3. The zero-order valence-electron chi connectivity index (χ0n) is 17.9. The Hall–Kier alpha value is -2.83. The highest BCUT2D eigenvalue weighted by molar-refractivity contribution is 7.92. The predicted octanol–water partition coefficient (Wildman–Crippen LogP) is 5.56. The molecule has 0 heterocycles. The summed E-state index contributed by atoms with van der Waals surface area (Å²) in [7, 11) is -3.79. The van der Waals surface area contributed by atoms with Crippen LogP contribution in [0.1, 0.15) is 45.6 Å². The fraction of sp³-hybridized carbons (Fsp3) is 0.208. The van der Waals surface area contributed by atoms with E-state index < -0.39 is 10.0 Å². The van der Waals surface area contributed by atoms with E-state index in [4.69, 9.17) is 11.6 Å². The number of halogens is 1. The highest BCUT2D eigenvalue weighted by Gasteiger charge is 2.19. The van der Waals surface area contributed by atoms with Gasteiger partial charge in [0.15, 0.2) is 0 Å². The van der Waals surface area contributed by atoms with Crippen molar-refractivity contribution in [1.29, 1.82) is 0 Å².